The van der Waals surface area contributed by atoms with Crippen LogP contribution in [0.25, 0.3) is 22.8 Å². The average molecular weight is 410 g/mol. The second kappa shape index (κ2) is 7.30. The van der Waals surface area contributed by atoms with Gasteiger partial charge in [-0.05, 0) is 42.8 Å². The van der Waals surface area contributed by atoms with E-state index in [1.165, 1.54) is 6.08 Å². The van der Waals surface area contributed by atoms with E-state index in [2.05, 4.69) is 16.2 Å². The Bertz CT molecular complexity index is 1260. The van der Waals surface area contributed by atoms with E-state index >= 15 is 0 Å². The van der Waals surface area contributed by atoms with Crippen molar-refractivity contribution in [2.24, 2.45) is 0 Å². The molecule has 0 spiro atoms. The smallest absolute Gasteiger partial charge is 0.191 e. The van der Waals surface area contributed by atoms with Crippen molar-refractivity contribution in [3.05, 3.63) is 88.1 Å². The molecule has 140 valence electrons. The van der Waals surface area contributed by atoms with Gasteiger partial charge >= 0.3 is 0 Å². The maximum atomic E-state index is 13.1. The van der Waals surface area contributed by atoms with Gasteiger partial charge in [-0.2, -0.15) is 5.10 Å². The number of carbonyl (C=O) groups excluding carboxylic acids is 1. The highest BCUT2D eigenvalue weighted by atomic mass is 35.5. The molecule has 0 unspecified atom stereocenters. The molecule has 0 bridgehead atoms. The van der Waals surface area contributed by atoms with Crippen LogP contribution in [0.5, 0.6) is 0 Å². The first-order chi connectivity index (χ1) is 13.5. The number of benzene rings is 2. The number of aromatic nitrogens is 3. The summed E-state index contributed by atoms with van der Waals surface area (Å²) in [6.07, 6.45) is 5.00. The maximum absolute atomic E-state index is 13.1. The summed E-state index contributed by atoms with van der Waals surface area (Å²) in [5, 5.41) is 5.48. The summed E-state index contributed by atoms with van der Waals surface area (Å²) >= 11 is 12.3. The summed E-state index contributed by atoms with van der Waals surface area (Å²) in [5.41, 5.74) is 4.63. The number of ketones is 1. The van der Waals surface area contributed by atoms with Gasteiger partial charge in [0.15, 0.2) is 5.78 Å². The highest BCUT2D eigenvalue weighted by Crippen LogP contribution is 2.28. The zero-order chi connectivity index (χ0) is 19.8. The van der Waals surface area contributed by atoms with Gasteiger partial charge in [-0.3, -0.25) is 4.79 Å². The Morgan fingerprint density at radius 2 is 1.89 bits per heavy atom. The molecular weight excluding hydrogens is 393 g/mol. The lowest BCUT2D eigenvalue weighted by molar-refractivity contribution is 0.104. The molecule has 4 rings (SSSR count). The molecule has 6 heteroatoms. The molecule has 0 saturated heterocycles. The van der Waals surface area contributed by atoms with Crippen LogP contribution in [0.3, 0.4) is 0 Å². The number of allylic oxidation sites excluding steroid dienone is 2. The fraction of sp³-hybridized carbons (Fsp3) is 0.0909. The van der Waals surface area contributed by atoms with E-state index in [0.29, 0.717) is 33.4 Å². The number of nitrogens with zero attached hydrogens (tertiary/aromatic N) is 3. The predicted octanol–water partition coefficient (Wildman–Crippen LogP) is 5.99. The largest absolute Gasteiger partial charge is 0.320 e. The Kier molecular flexibility index (Phi) is 4.84. The lowest BCUT2D eigenvalue weighted by atomic mass is 10.1. The van der Waals surface area contributed by atoms with Crippen molar-refractivity contribution in [2.45, 2.75) is 13.5 Å². The number of carbonyl (C=O) groups is 1. The van der Waals surface area contributed by atoms with Crippen LogP contribution in [0.2, 0.25) is 10.0 Å². The molecule has 28 heavy (non-hydrogen) atoms. The van der Waals surface area contributed by atoms with Gasteiger partial charge in [0.2, 0.25) is 0 Å². The molecule has 2 aromatic heterocycles. The Labute approximate surface area is 172 Å². The van der Waals surface area contributed by atoms with Gasteiger partial charge in [-0.15, -0.1) is 6.58 Å². The summed E-state index contributed by atoms with van der Waals surface area (Å²) in [5.74, 6) is -0.142. The van der Waals surface area contributed by atoms with Crippen LogP contribution in [-0.2, 0) is 6.54 Å². The van der Waals surface area contributed by atoms with Gasteiger partial charge < -0.3 is 4.57 Å². The normalized spacial score (nSPS) is 11.7. The average Bonchev–Trinajstić information content (AvgIpc) is 3.17. The van der Waals surface area contributed by atoms with E-state index in [4.69, 9.17) is 23.2 Å². The standard InChI is InChI=1S/C22H17Cl2N3O/c1-3-13-26-17-9-4-5-10-18(17)27-22(26)20(14(2)25-27)19(28)12-11-15-7-6-8-16(23)21(15)24/h3-12H,1,13H2,2H3. The number of aryl methyl sites for hydroxylation is 1. The van der Waals surface area contributed by atoms with Crippen LogP contribution in [0.15, 0.2) is 61.2 Å². The second-order valence-corrected chi connectivity index (χ2v) is 7.21. The second-order valence-electron chi connectivity index (χ2n) is 6.42. The Hall–Kier alpha value is -2.82. The quantitative estimate of drug-likeness (QED) is 0.230. The number of hydrogen-bond donors (Lipinski definition) is 0. The highest BCUT2D eigenvalue weighted by molar-refractivity contribution is 6.43. The van der Waals surface area contributed by atoms with Crippen molar-refractivity contribution in [1.82, 2.24) is 14.2 Å². The monoisotopic (exact) mass is 409 g/mol. The molecule has 0 aliphatic rings. The van der Waals surface area contributed by atoms with E-state index in [1.807, 2.05) is 47.8 Å². The maximum Gasteiger partial charge on any atom is 0.191 e. The minimum absolute atomic E-state index is 0.142. The van der Waals surface area contributed by atoms with Gasteiger partial charge in [0, 0.05) is 6.54 Å². The SMILES string of the molecule is C=CCn1c2ccccc2n2nc(C)c(C(=O)C=Cc3cccc(Cl)c3Cl)c12. The lowest BCUT2D eigenvalue weighted by Gasteiger charge is -2.04. The third-order valence-electron chi connectivity index (χ3n) is 4.65. The zero-order valence-corrected chi connectivity index (χ0v) is 16.7. The van der Waals surface area contributed by atoms with E-state index in [9.17, 15) is 4.79 Å². The molecule has 0 radical (unpaired) electrons. The van der Waals surface area contributed by atoms with Crippen LogP contribution in [0.4, 0.5) is 0 Å². The minimum atomic E-state index is -0.142. The van der Waals surface area contributed by atoms with Gasteiger partial charge in [-0.1, -0.05) is 53.5 Å². The summed E-state index contributed by atoms with van der Waals surface area (Å²) < 4.78 is 3.87. The Morgan fingerprint density at radius 1 is 1.14 bits per heavy atom. The topological polar surface area (TPSA) is 39.3 Å². The number of halogens is 2. The lowest BCUT2D eigenvalue weighted by Crippen LogP contribution is -2.02. The molecule has 2 heterocycles. The Balaban J connectivity index is 1.87. The van der Waals surface area contributed by atoms with Crippen LogP contribution < -0.4 is 0 Å². The molecule has 4 nitrogen and oxygen atoms in total. The number of rotatable bonds is 5. The number of hydrogen-bond acceptors (Lipinski definition) is 2. The number of para-hydroxylation sites is 2. The first-order valence-corrected chi connectivity index (χ1v) is 9.52. The van der Waals surface area contributed by atoms with E-state index in [1.54, 1.807) is 18.2 Å². The van der Waals surface area contributed by atoms with Crippen molar-refractivity contribution < 1.29 is 4.79 Å². The third-order valence-corrected chi connectivity index (χ3v) is 5.48. The molecular formula is C22H17Cl2N3O. The van der Waals surface area contributed by atoms with Crippen molar-refractivity contribution in [3.63, 3.8) is 0 Å². The van der Waals surface area contributed by atoms with Crippen LogP contribution in [0, 0.1) is 6.92 Å². The molecule has 0 saturated carbocycles. The molecule has 0 amide bonds. The van der Waals surface area contributed by atoms with Crippen molar-refractivity contribution in [2.75, 3.05) is 0 Å². The van der Waals surface area contributed by atoms with E-state index in [0.717, 1.165) is 16.7 Å². The van der Waals surface area contributed by atoms with Gasteiger partial charge in [0.05, 0.1) is 32.3 Å². The van der Waals surface area contributed by atoms with Gasteiger partial charge in [0.25, 0.3) is 0 Å². The molecule has 0 N–H and O–H groups in total. The zero-order valence-electron chi connectivity index (χ0n) is 15.2. The molecule has 0 fully saturated rings. The fourth-order valence-corrected chi connectivity index (χ4v) is 3.79. The highest BCUT2D eigenvalue weighted by Gasteiger charge is 2.21. The third kappa shape index (κ3) is 2.95. The number of imidazole rings is 1. The van der Waals surface area contributed by atoms with Crippen LogP contribution in [0.1, 0.15) is 21.6 Å². The van der Waals surface area contributed by atoms with Crippen LogP contribution in [-0.4, -0.2) is 20.0 Å². The first-order valence-electron chi connectivity index (χ1n) is 8.76. The van der Waals surface area contributed by atoms with Crippen molar-refractivity contribution in [3.8, 4) is 0 Å². The predicted molar refractivity (Wildman–Crippen MR) is 115 cm³/mol. The summed E-state index contributed by atoms with van der Waals surface area (Å²) in [6.45, 7) is 6.26. The summed E-state index contributed by atoms with van der Waals surface area (Å²) in [4.78, 5) is 13.1. The fourth-order valence-electron chi connectivity index (χ4n) is 3.42. The molecule has 4 aromatic rings. The number of fused-ring (bicyclic) bond motifs is 3. The molecule has 0 atom stereocenters. The Morgan fingerprint density at radius 3 is 2.64 bits per heavy atom. The van der Waals surface area contributed by atoms with Crippen LogP contribution >= 0.6 is 23.2 Å². The van der Waals surface area contributed by atoms with E-state index < -0.39 is 0 Å². The minimum Gasteiger partial charge on any atom is -0.320 e. The molecule has 0 aliphatic heterocycles. The van der Waals surface area contributed by atoms with E-state index in [-0.39, 0.29) is 5.78 Å². The van der Waals surface area contributed by atoms with Gasteiger partial charge in [-0.25, -0.2) is 4.52 Å². The summed E-state index contributed by atoms with van der Waals surface area (Å²) in [7, 11) is 0. The molecule has 0 aliphatic carbocycles. The van der Waals surface area contributed by atoms with Crippen molar-refractivity contribution in [1.29, 1.82) is 0 Å². The first kappa shape index (κ1) is 18.5. The molecule has 2 aromatic carbocycles. The van der Waals surface area contributed by atoms with Gasteiger partial charge in [0.1, 0.15) is 5.65 Å². The summed E-state index contributed by atoms with van der Waals surface area (Å²) in [6, 6.07) is 13.2. The van der Waals surface area contributed by atoms with Crippen molar-refractivity contribution >= 4 is 51.7 Å².